The highest BCUT2D eigenvalue weighted by molar-refractivity contribution is 5.87. The Hall–Kier alpha value is -1.93. The number of nitrogens with one attached hydrogen (secondary N) is 1. The summed E-state index contributed by atoms with van der Waals surface area (Å²) in [6.07, 6.45) is 3.16. The molecule has 1 aliphatic rings. The zero-order chi connectivity index (χ0) is 21.2. The Kier molecular flexibility index (Phi) is 10.2. The first-order chi connectivity index (χ1) is 13.3. The van der Waals surface area contributed by atoms with Gasteiger partial charge in [0.2, 0.25) is 12.3 Å². The van der Waals surface area contributed by atoms with Crippen LogP contribution in [0.15, 0.2) is 12.7 Å². The van der Waals surface area contributed by atoms with E-state index in [1.165, 1.54) is 6.08 Å². The van der Waals surface area contributed by atoms with Gasteiger partial charge in [0.25, 0.3) is 0 Å². The highest BCUT2D eigenvalue weighted by Crippen LogP contribution is 2.27. The lowest BCUT2D eigenvalue weighted by molar-refractivity contribution is -0.154. The molecule has 1 heterocycles. The van der Waals surface area contributed by atoms with Crippen molar-refractivity contribution in [2.24, 2.45) is 5.92 Å². The Morgan fingerprint density at radius 1 is 1.39 bits per heavy atom. The van der Waals surface area contributed by atoms with Crippen LogP contribution in [-0.2, 0) is 23.9 Å². The minimum Gasteiger partial charge on any atom is -0.465 e. The molecule has 160 valence electrons. The van der Waals surface area contributed by atoms with Gasteiger partial charge in [-0.25, -0.2) is 0 Å². The standard InChI is InChI=1S/C20H35N3O5/c1-6-17(25)23-12-13-28-20(14-23,8-10-21-15-24)9-11-22(5)18(16(3)4)19(26)27-7-2/h6,15-16,18H,1,7-14H2,2-5H3,(H,21,24). The van der Waals surface area contributed by atoms with Gasteiger partial charge >= 0.3 is 5.97 Å². The highest BCUT2D eigenvalue weighted by atomic mass is 16.5. The van der Waals surface area contributed by atoms with Crippen molar-refractivity contribution < 1.29 is 23.9 Å². The van der Waals surface area contributed by atoms with Crippen LogP contribution >= 0.6 is 0 Å². The van der Waals surface area contributed by atoms with Crippen LogP contribution in [0.2, 0.25) is 0 Å². The molecular weight excluding hydrogens is 362 g/mol. The largest absolute Gasteiger partial charge is 0.465 e. The van der Waals surface area contributed by atoms with Crippen LogP contribution in [0, 0.1) is 5.92 Å². The fourth-order valence-corrected chi connectivity index (χ4v) is 3.66. The van der Waals surface area contributed by atoms with Crippen molar-refractivity contribution in [3.8, 4) is 0 Å². The monoisotopic (exact) mass is 397 g/mol. The number of carbonyl (C=O) groups is 3. The van der Waals surface area contributed by atoms with Gasteiger partial charge in [-0.3, -0.25) is 19.3 Å². The van der Waals surface area contributed by atoms with E-state index in [0.717, 1.165) is 0 Å². The van der Waals surface area contributed by atoms with Crippen LogP contribution < -0.4 is 5.32 Å². The molecule has 1 saturated heterocycles. The van der Waals surface area contributed by atoms with E-state index in [0.29, 0.717) is 58.6 Å². The highest BCUT2D eigenvalue weighted by Gasteiger charge is 2.38. The summed E-state index contributed by atoms with van der Waals surface area (Å²) in [6.45, 7) is 12.1. The average molecular weight is 398 g/mol. The number of likely N-dealkylation sites (N-methyl/N-ethyl adjacent to an activating group) is 1. The summed E-state index contributed by atoms with van der Waals surface area (Å²) in [6, 6.07) is -0.348. The number of carbonyl (C=O) groups excluding carboxylic acids is 3. The maximum atomic E-state index is 12.3. The van der Waals surface area contributed by atoms with Crippen LogP contribution in [0.3, 0.4) is 0 Å². The Morgan fingerprint density at radius 2 is 2.11 bits per heavy atom. The first kappa shape index (κ1) is 24.1. The Labute approximate surface area is 168 Å². The van der Waals surface area contributed by atoms with Crippen molar-refractivity contribution >= 4 is 18.3 Å². The van der Waals surface area contributed by atoms with E-state index in [1.54, 1.807) is 11.8 Å². The van der Waals surface area contributed by atoms with Crippen LogP contribution in [-0.4, -0.2) is 86.2 Å². The third-order valence-electron chi connectivity index (χ3n) is 5.10. The zero-order valence-electron chi connectivity index (χ0n) is 17.6. The molecule has 28 heavy (non-hydrogen) atoms. The normalized spacial score (nSPS) is 20.7. The summed E-state index contributed by atoms with van der Waals surface area (Å²) >= 11 is 0. The second kappa shape index (κ2) is 11.8. The smallest absolute Gasteiger partial charge is 0.323 e. The van der Waals surface area contributed by atoms with Gasteiger partial charge in [0.1, 0.15) is 6.04 Å². The lowest BCUT2D eigenvalue weighted by Gasteiger charge is -2.44. The van der Waals surface area contributed by atoms with Gasteiger partial charge in [-0.15, -0.1) is 0 Å². The van der Waals surface area contributed by atoms with Crippen LogP contribution in [0.25, 0.3) is 0 Å². The molecule has 0 aromatic heterocycles. The molecule has 0 spiro atoms. The number of hydrogen-bond donors (Lipinski definition) is 1. The second-order valence-corrected chi connectivity index (χ2v) is 7.49. The number of esters is 1. The molecule has 0 radical (unpaired) electrons. The quantitative estimate of drug-likeness (QED) is 0.227. The van der Waals surface area contributed by atoms with E-state index in [1.807, 2.05) is 25.8 Å². The number of morpholine rings is 1. The van der Waals surface area contributed by atoms with Crippen molar-refractivity contribution in [1.82, 2.24) is 15.1 Å². The topological polar surface area (TPSA) is 88.2 Å². The molecule has 2 amide bonds. The molecule has 0 bridgehead atoms. The maximum absolute atomic E-state index is 12.3. The van der Waals surface area contributed by atoms with E-state index in [9.17, 15) is 14.4 Å². The fraction of sp³-hybridized carbons (Fsp3) is 0.750. The van der Waals surface area contributed by atoms with Gasteiger partial charge in [0.15, 0.2) is 0 Å². The van der Waals surface area contributed by atoms with Gasteiger partial charge in [-0.05, 0) is 38.8 Å². The summed E-state index contributed by atoms with van der Waals surface area (Å²) in [4.78, 5) is 38.8. The molecular formula is C20H35N3O5. The van der Waals surface area contributed by atoms with Crippen molar-refractivity contribution in [2.45, 2.75) is 45.3 Å². The van der Waals surface area contributed by atoms with E-state index in [-0.39, 0.29) is 23.8 Å². The maximum Gasteiger partial charge on any atom is 0.323 e. The van der Waals surface area contributed by atoms with Crippen molar-refractivity contribution in [2.75, 3.05) is 46.4 Å². The van der Waals surface area contributed by atoms with Gasteiger partial charge in [0.05, 0.1) is 25.4 Å². The summed E-state index contributed by atoms with van der Waals surface area (Å²) in [5, 5.41) is 2.67. The van der Waals surface area contributed by atoms with Crippen LogP contribution in [0.4, 0.5) is 0 Å². The molecule has 2 atom stereocenters. The third kappa shape index (κ3) is 6.91. The van der Waals surface area contributed by atoms with Crippen molar-refractivity contribution in [1.29, 1.82) is 0 Å². The average Bonchev–Trinajstić information content (AvgIpc) is 2.66. The number of nitrogens with zero attached hydrogens (tertiary/aromatic N) is 2. The van der Waals surface area contributed by atoms with E-state index in [2.05, 4.69) is 11.9 Å². The zero-order valence-corrected chi connectivity index (χ0v) is 17.6. The predicted octanol–water partition coefficient (Wildman–Crippen LogP) is 0.816. The summed E-state index contributed by atoms with van der Waals surface area (Å²) in [5.41, 5.74) is -0.586. The summed E-state index contributed by atoms with van der Waals surface area (Å²) in [5.74, 6) is -0.261. The second-order valence-electron chi connectivity index (χ2n) is 7.49. The SMILES string of the molecule is C=CC(=O)N1CCOC(CCNC=O)(CCN(C)C(C(=O)OCC)C(C)C)C1. The molecule has 1 N–H and O–H groups in total. The first-order valence-electron chi connectivity index (χ1n) is 9.89. The molecule has 1 fully saturated rings. The number of hydrogen-bond acceptors (Lipinski definition) is 6. The Balaban J connectivity index is 2.87. The van der Waals surface area contributed by atoms with Crippen molar-refractivity contribution in [3.63, 3.8) is 0 Å². The molecule has 8 heteroatoms. The predicted molar refractivity (Wildman–Crippen MR) is 107 cm³/mol. The Bertz CT molecular complexity index is 540. The van der Waals surface area contributed by atoms with Crippen LogP contribution in [0.5, 0.6) is 0 Å². The lowest BCUT2D eigenvalue weighted by atomic mass is 9.91. The third-order valence-corrected chi connectivity index (χ3v) is 5.10. The summed E-state index contributed by atoms with van der Waals surface area (Å²) in [7, 11) is 1.90. The van der Waals surface area contributed by atoms with E-state index < -0.39 is 5.60 Å². The van der Waals surface area contributed by atoms with Gasteiger partial charge < -0.3 is 19.7 Å². The van der Waals surface area contributed by atoms with Crippen molar-refractivity contribution in [3.05, 3.63) is 12.7 Å². The number of amides is 2. The van der Waals surface area contributed by atoms with Gasteiger partial charge in [0, 0.05) is 19.6 Å². The van der Waals surface area contributed by atoms with Crippen LogP contribution in [0.1, 0.15) is 33.6 Å². The molecule has 0 aromatic carbocycles. The summed E-state index contributed by atoms with van der Waals surface area (Å²) < 4.78 is 11.3. The molecule has 2 unspecified atom stereocenters. The van der Waals surface area contributed by atoms with E-state index in [4.69, 9.17) is 9.47 Å². The van der Waals surface area contributed by atoms with E-state index >= 15 is 0 Å². The molecule has 0 aliphatic carbocycles. The molecule has 0 saturated carbocycles. The minimum absolute atomic E-state index is 0.0999. The molecule has 1 aliphatic heterocycles. The van der Waals surface area contributed by atoms with Gasteiger partial charge in [-0.2, -0.15) is 0 Å². The molecule has 0 aromatic rings. The van der Waals surface area contributed by atoms with Gasteiger partial charge in [-0.1, -0.05) is 20.4 Å². The number of ether oxygens (including phenoxy) is 2. The number of rotatable bonds is 12. The first-order valence-corrected chi connectivity index (χ1v) is 9.89. The molecule has 1 rings (SSSR count). The minimum atomic E-state index is -0.586. The Morgan fingerprint density at radius 3 is 2.68 bits per heavy atom. The lowest BCUT2D eigenvalue weighted by Crippen LogP contribution is -2.56. The molecule has 8 nitrogen and oxygen atoms in total. The fourth-order valence-electron chi connectivity index (χ4n) is 3.66.